The molecule has 1 heterocycles. The number of carbonyl (C=O) groups excluding carboxylic acids is 1. The highest BCUT2D eigenvalue weighted by Gasteiger charge is 2.27. The third-order valence-electron chi connectivity index (χ3n) is 5.27. The van der Waals surface area contributed by atoms with Gasteiger partial charge in [-0.15, -0.1) is 11.3 Å². The Kier molecular flexibility index (Phi) is 4.01. The molecule has 1 aromatic carbocycles. The summed E-state index contributed by atoms with van der Waals surface area (Å²) in [5.74, 6) is -0.219. The lowest BCUT2D eigenvalue weighted by Gasteiger charge is -2.32. The summed E-state index contributed by atoms with van der Waals surface area (Å²) in [6.45, 7) is 0. The first-order valence-electron chi connectivity index (χ1n) is 8.62. The Hall–Kier alpha value is -1.94. The van der Waals surface area contributed by atoms with Gasteiger partial charge in [0.1, 0.15) is 4.88 Å². The molecule has 0 radical (unpaired) electrons. The summed E-state index contributed by atoms with van der Waals surface area (Å²) in [6, 6.07) is 7.59. The summed E-state index contributed by atoms with van der Waals surface area (Å²) in [5.41, 5.74) is 5.56. The van der Waals surface area contributed by atoms with Gasteiger partial charge in [0.25, 0.3) is 0 Å². The molecular formula is C20H20O3S. The predicted molar refractivity (Wildman–Crippen MR) is 94.4 cm³/mol. The third-order valence-corrected chi connectivity index (χ3v) is 6.39. The van der Waals surface area contributed by atoms with Gasteiger partial charge in [0, 0.05) is 6.42 Å². The fourth-order valence-electron chi connectivity index (χ4n) is 4.28. The van der Waals surface area contributed by atoms with Gasteiger partial charge in [-0.2, -0.15) is 0 Å². The average molecular weight is 340 g/mol. The SMILES string of the molecule is O=C(O)c1ccc(C(=O)Cc2cc3c4c(c2)CCCC4CCC3)s1. The zero-order valence-corrected chi connectivity index (χ0v) is 14.3. The van der Waals surface area contributed by atoms with E-state index in [1.54, 1.807) is 11.6 Å². The van der Waals surface area contributed by atoms with Crippen LogP contribution in [0.15, 0.2) is 24.3 Å². The van der Waals surface area contributed by atoms with E-state index in [0.717, 1.165) is 35.7 Å². The summed E-state index contributed by atoms with van der Waals surface area (Å²) < 4.78 is 0. The lowest BCUT2D eigenvalue weighted by Crippen LogP contribution is -2.18. The molecule has 0 bridgehead atoms. The topological polar surface area (TPSA) is 54.4 Å². The molecule has 2 aromatic rings. The maximum Gasteiger partial charge on any atom is 0.345 e. The summed E-state index contributed by atoms with van der Waals surface area (Å²) in [6.07, 6.45) is 7.75. The Morgan fingerprint density at radius 3 is 2.25 bits per heavy atom. The van der Waals surface area contributed by atoms with Crippen LogP contribution in [-0.2, 0) is 19.3 Å². The van der Waals surface area contributed by atoms with Crippen LogP contribution in [0.4, 0.5) is 0 Å². The summed E-state index contributed by atoms with van der Waals surface area (Å²) in [4.78, 5) is 24.3. The molecule has 124 valence electrons. The van der Waals surface area contributed by atoms with Crippen LogP contribution in [0.1, 0.15) is 73.2 Å². The number of carbonyl (C=O) groups is 2. The standard InChI is InChI=1S/C20H20O3S/c21-16(17-7-8-18(24-17)20(22)23)11-12-9-14-5-1-3-13-4-2-6-15(10-12)19(13)14/h7-10,13H,1-6,11H2,(H,22,23). The molecule has 3 nitrogen and oxygen atoms in total. The van der Waals surface area contributed by atoms with Gasteiger partial charge in [-0.05, 0) is 78.8 Å². The fourth-order valence-corrected chi connectivity index (χ4v) is 5.06. The van der Waals surface area contributed by atoms with Crippen LogP contribution in [-0.4, -0.2) is 16.9 Å². The van der Waals surface area contributed by atoms with Crippen LogP contribution >= 0.6 is 11.3 Å². The van der Waals surface area contributed by atoms with Gasteiger partial charge in [-0.1, -0.05) is 12.1 Å². The second-order valence-corrected chi connectivity index (χ2v) is 7.96. The zero-order valence-electron chi connectivity index (χ0n) is 13.5. The van der Waals surface area contributed by atoms with Crippen LogP contribution in [0.3, 0.4) is 0 Å². The maximum absolute atomic E-state index is 12.5. The largest absolute Gasteiger partial charge is 0.477 e. The molecule has 2 aliphatic rings. The quantitative estimate of drug-likeness (QED) is 0.826. The second-order valence-electron chi connectivity index (χ2n) is 6.88. The van der Waals surface area contributed by atoms with Crippen molar-refractivity contribution in [3.63, 3.8) is 0 Å². The molecule has 1 aromatic heterocycles. The van der Waals surface area contributed by atoms with Gasteiger partial charge in [-0.25, -0.2) is 4.79 Å². The molecule has 0 saturated heterocycles. The van der Waals surface area contributed by atoms with Crippen LogP contribution in [0.5, 0.6) is 0 Å². The van der Waals surface area contributed by atoms with Crippen molar-refractivity contribution >= 4 is 23.1 Å². The van der Waals surface area contributed by atoms with Gasteiger partial charge in [0.15, 0.2) is 5.78 Å². The molecule has 24 heavy (non-hydrogen) atoms. The molecule has 4 heteroatoms. The van der Waals surface area contributed by atoms with Crippen molar-refractivity contribution in [2.75, 3.05) is 0 Å². The first-order valence-corrected chi connectivity index (χ1v) is 9.44. The van der Waals surface area contributed by atoms with Crippen LogP contribution < -0.4 is 0 Å². The Morgan fingerprint density at radius 2 is 1.67 bits per heavy atom. The number of rotatable bonds is 4. The average Bonchev–Trinajstić information content (AvgIpc) is 3.06. The number of benzene rings is 1. The van der Waals surface area contributed by atoms with Crippen molar-refractivity contribution in [2.24, 2.45) is 0 Å². The Balaban J connectivity index is 1.60. The molecule has 4 rings (SSSR count). The Bertz CT molecular complexity index is 787. The summed E-state index contributed by atoms with van der Waals surface area (Å²) in [7, 11) is 0. The number of carboxylic acid groups (broad SMARTS) is 1. The number of hydrogen-bond acceptors (Lipinski definition) is 3. The van der Waals surface area contributed by atoms with E-state index in [4.69, 9.17) is 5.11 Å². The van der Waals surface area contributed by atoms with Crippen molar-refractivity contribution in [2.45, 2.75) is 50.9 Å². The normalized spacial score (nSPS) is 16.7. The van der Waals surface area contributed by atoms with Crippen molar-refractivity contribution in [3.8, 4) is 0 Å². The van der Waals surface area contributed by atoms with Crippen molar-refractivity contribution < 1.29 is 14.7 Å². The van der Waals surface area contributed by atoms with Gasteiger partial charge in [0.2, 0.25) is 0 Å². The number of Topliss-reactive ketones (excluding diaryl/α,β-unsaturated/α-hetero) is 1. The molecular weight excluding hydrogens is 320 g/mol. The monoisotopic (exact) mass is 340 g/mol. The van der Waals surface area contributed by atoms with E-state index >= 15 is 0 Å². The Labute approximate surface area is 145 Å². The van der Waals surface area contributed by atoms with Crippen LogP contribution in [0.25, 0.3) is 0 Å². The third kappa shape index (κ3) is 2.80. The highest BCUT2D eigenvalue weighted by atomic mass is 32.1. The van der Waals surface area contributed by atoms with Crippen LogP contribution in [0, 0.1) is 0 Å². The highest BCUT2D eigenvalue weighted by molar-refractivity contribution is 7.15. The fraction of sp³-hybridized carbons (Fsp3) is 0.400. The Morgan fingerprint density at radius 1 is 1.04 bits per heavy atom. The van der Waals surface area contributed by atoms with E-state index in [0.29, 0.717) is 11.3 Å². The lowest BCUT2D eigenvalue weighted by molar-refractivity contribution is 0.0702. The smallest absolute Gasteiger partial charge is 0.345 e. The molecule has 2 aliphatic carbocycles. The van der Waals surface area contributed by atoms with Gasteiger partial charge >= 0.3 is 5.97 Å². The first-order chi connectivity index (χ1) is 11.6. The van der Waals surface area contributed by atoms with E-state index in [-0.39, 0.29) is 10.7 Å². The van der Waals surface area contributed by atoms with Gasteiger partial charge in [-0.3, -0.25) is 4.79 Å². The number of aromatic carboxylic acids is 1. The minimum Gasteiger partial charge on any atom is -0.477 e. The minimum atomic E-state index is -0.969. The predicted octanol–water partition coefficient (Wildman–Crippen LogP) is 4.63. The number of thiophene rings is 1. The minimum absolute atomic E-state index is 0.0165. The number of hydrogen-bond donors (Lipinski definition) is 1. The van der Waals surface area contributed by atoms with Crippen LogP contribution in [0.2, 0.25) is 0 Å². The van der Waals surface area contributed by atoms with E-state index in [9.17, 15) is 9.59 Å². The summed E-state index contributed by atoms with van der Waals surface area (Å²) in [5, 5.41) is 9.00. The lowest BCUT2D eigenvalue weighted by atomic mass is 9.73. The second kappa shape index (κ2) is 6.17. The van der Waals surface area contributed by atoms with Crippen molar-refractivity contribution in [1.29, 1.82) is 0 Å². The molecule has 0 atom stereocenters. The first kappa shape index (κ1) is 15.6. The van der Waals surface area contributed by atoms with E-state index in [1.807, 2.05) is 0 Å². The van der Waals surface area contributed by atoms with E-state index in [2.05, 4.69) is 12.1 Å². The van der Waals surface area contributed by atoms with E-state index < -0.39 is 5.97 Å². The number of aryl methyl sites for hydroxylation is 2. The molecule has 0 unspecified atom stereocenters. The highest BCUT2D eigenvalue weighted by Crippen LogP contribution is 2.41. The molecule has 0 saturated carbocycles. The van der Waals surface area contributed by atoms with Crippen molar-refractivity contribution in [3.05, 3.63) is 56.3 Å². The van der Waals surface area contributed by atoms with Gasteiger partial charge in [0.05, 0.1) is 4.88 Å². The molecule has 0 aliphatic heterocycles. The number of ketones is 1. The zero-order chi connectivity index (χ0) is 16.7. The molecule has 0 amide bonds. The van der Waals surface area contributed by atoms with Crippen molar-refractivity contribution in [1.82, 2.24) is 0 Å². The van der Waals surface area contributed by atoms with E-state index in [1.165, 1.54) is 42.9 Å². The summed E-state index contributed by atoms with van der Waals surface area (Å²) >= 11 is 1.07. The maximum atomic E-state index is 12.5. The number of carboxylic acids is 1. The molecule has 0 fully saturated rings. The molecule has 1 N–H and O–H groups in total. The molecule has 0 spiro atoms. The van der Waals surface area contributed by atoms with Gasteiger partial charge < -0.3 is 5.11 Å².